The standard InChI is InChI=1S/C19H39NO3/c1-13(21)23-15(12-18(7,8)20)19(9,10)17(5,6)11-14(22)16(2,3)4/h14-15,22H,11-12,20H2,1-10H3. The number of aliphatic hydroxyl groups excluding tert-OH is 1. The Kier molecular flexibility index (Phi) is 6.91. The highest BCUT2D eigenvalue weighted by molar-refractivity contribution is 5.66. The largest absolute Gasteiger partial charge is 0.462 e. The zero-order valence-corrected chi connectivity index (χ0v) is 16.9. The van der Waals surface area contributed by atoms with Gasteiger partial charge in [0.1, 0.15) is 6.10 Å². The van der Waals surface area contributed by atoms with Gasteiger partial charge in [0.15, 0.2) is 0 Å². The number of nitrogens with two attached hydrogens (primary N) is 1. The van der Waals surface area contributed by atoms with Crippen LogP contribution in [0.15, 0.2) is 0 Å². The second-order valence-corrected chi connectivity index (χ2v) is 9.98. The number of aliphatic hydroxyl groups is 1. The highest BCUT2D eigenvalue weighted by Crippen LogP contribution is 2.48. The molecule has 0 aliphatic carbocycles. The summed E-state index contributed by atoms with van der Waals surface area (Å²) in [4.78, 5) is 11.6. The molecule has 23 heavy (non-hydrogen) atoms. The Labute approximate surface area is 143 Å². The minimum Gasteiger partial charge on any atom is -0.462 e. The first-order chi connectivity index (χ1) is 9.90. The molecule has 0 aromatic heterocycles. The van der Waals surface area contributed by atoms with Crippen molar-refractivity contribution in [3.05, 3.63) is 0 Å². The summed E-state index contributed by atoms with van der Waals surface area (Å²) in [6.07, 6.45) is 0.476. The molecule has 0 amide bonds. The minimum atomic E-state index is -0.434. The summed E-state index contributed by atoms with van der Waals surface area (Å²) in [7, 11) is 0. The van der Waals surface area contributed by atoms with Gasteiger partial charge in [0.2, 0.25) is 0 Å². The molecule has 138 valence electrons. The van der Waals surface area contributed by atoms with Gasteiger partial charge in [0.05, 0.1) is 6.10 Å². The van der Waals surface area contributed by atoms with Crippen LogP contribution in [0.2, 0.25) is 0 Å². The molecule has 0 saturated heterocycles. The molecule has 0 heterocycles. The Bertz CT molecular complexity index is 400. The molecule has 4 nitrogen and oxygen atoms in total. The Morgan fingerprint density at radius 1 is 1.00 bits per heavy atom. The lowest BCUT2D eigenvalue weighted by Gasteiger charge is -2.49. The Hall–Kier alpha value is -0.610. The smallest absolute Gasteiger partial charge is 0.302 e. The summed E-state index contributed by atoms with van der Waals surface area (Å²) in [5.74, 6) is -0.292. The molecule has 0 saturated carbocycles. The third kappa shape index (κ3) is 6.80. The van der Waals surface area contributed by atoms with Crippen LogP contribution in [0.25, 0.3) is 0 Å². The molecule has 0 rings (SSSR count). The number of esters is 1. The summed E-state index contributed by atoms with van der Waals surface area (Å²) in [5, 5.41) is 10.5. The fourth-order valence-corrected chi connectivity index (χ4v) is 2.61. The van der Waals surface area contributed by atoms with E-state index in [0.717, 1.165) is 0 Å². The normalized spacial score (nSPS) is 16.9. The van der Waals surface area contributed by atoms with Crippen LogP contribution in [0.3, 0.4) is 0 Å². The number of hydrogen-bond donors (Lipinski definition) is 2. The zero-order chi connectivity index (χ0) is 18.9. The van der Waals surface area contributed by atoms with Crippen LogP contribution >= 0.6 is 0 Å². The van der Waals surface area contributed by atoms with Gasteiger partial charge >= 0.3 is 5.97 Å². The topological polar surface area (TPSA) is 72.5 Å². The molecule has 0 bridgehead atoms. The van der Waals surface area contributed by atoms with Crippen molar-refractivity contribution in [2.75, 3.05) is 0 Å². The number of hydrogen-bond acceptors (Lipinski definition) is 4. The maximum absolute atomic E-state index is 11.6. The summed E-state index contributed by atoms with van der Waals surface area (Å²) in [6, 6.07) is 0. The third-order valence-corrected chi connectivity index (χ3v) is 5.27. The van der Waals surface area contributed by atoms with E-state index >= 15 is 0 Å². The molecule has 0 spiro atoms. The van der Waals surface area contributed by atoms with Crippen molar-refractivity contribution in [1.29, 1.82) is 0 Å². The highest BCUT2D eigenvalue weighted by atomic mass is 16.5. The molecule has 4 heteroatoms. The molecule has 0 aromatic rings. The first kappa shape index (κ1) is 22.4. The van der Waals surface area contributed by atoms with E-state index in [1.165, 1.54) is 6.92 Å². The average Bonchev–Trinajstić information content (AvgIpc) is 2.23. The van der Waals surface area contributed by atoms with Gasteiger partial charge in [-0.15, -0.1) is 0 Å². The second kappa shape index (κ2) is 7.10. The Morgan fingerprint density at radius 2 is 1.43 bits per heavy atom. The maximum Gasteiger partial charge on any atom is 0.302 e. The summed E-state index contributed by atoms with van der Waals surface area (Å²) in [6.45, 7) is 19.9. The minimum absolute atomic E-state index is 0.183. The number of rotatable bonds is 7. The molecule has 2 atom stereocenters. The van der Waals surface area contributed by atoms with Gasteiger partial charge in [-0.1, -0.05) is 48.5 Å². The molecule has 0 aliphatic rings. The monoisotopic (exact) mass is 329 g/mol. The molecular weight excluding hydrogens is 290 g/mol. The quantitative estimate of drug-likeness (QED) is 0.695. The second-order valence-electron chi connectivity index (χ2n) is 9.98. The summed E-state index contributed by atoms with van der Waals surface area (Å²) >= 11 is 0. The van der Waals surface area contributed by atoms with Crippen LogP contribution in [-0.4, -0.2) is 28.8 Å². The predicted octanol–water partition coefficient (Wildman–Crippen LogP) is 3.90. The van der Waals surface area contributed by atoms with Crippen molar-refractivity contribution >= 4 is 5.97 Å². The van der Waals surface area contributed by atoms with Gasteiger partial charge in [0.25, 0.3) is 0 Å². The number of carbonyl (C=O) groups is 1. The first-order valence-electron chi connectivity index (χ1n) is 8.54. The lowest BCUT2D eigenvalue weighted by molar-refractivity contribution is -0.162. The SMILES string of the molecule is CC(=O)OC(CC(C)(C)N)C(C)(C)C(C)(C)CC(O)C(C)(C)C. The molecule has 0 aliphatic heterocycles. The number of carbonyl (C=O) groups excluding carboxylic acids is 1. The zero-order valence-electron chi connectivity index (χ0n) is 16.9. The van der Waals surface area contributed by atoms with Gasteiger partial charge < -0.3 is 15.6 Å². The predicted molar refractivity (Wildman–Crippen MR) is 96.1 cm³/mol. The van der Waals surface area contributed by atoms with Crippen LogP contribution in [0, 0.1) is 16.2 Å². The van der Waals surface area contributed by atoms with Gasteiger partial charge in [-0.05, 0) is 31.1 Å². The van der Waals surface area contributed by atoms with Gasteiger partial charge in [0, 0.05) is 24.3 Å². The van der Waals surface area contributed by atoms with Crippen LogP contribution in [0.1, 0.15) is 82.1 Å². The van der Waals surface area contributed by atoms with E-state index in [0.29, 0.717) is 12.8 Å². The maximum atomic E-state index is 11.6. The van der Waals surface area contributed by atoms with Crippen molar-refractivity contribution < 1.29 is 14.6 Å². The van der Waals surface area contributed by atoms with Crippen LogP contribution in [-0.2, 0) is 9.53 Å². The molecule has 2 unspecified atom stereocenters. The lowest BCUT2D eigenvalue weighted by atomic mass is 9.59. The van der Waals surface area contributed by atoms with Crippen molar-refractivity contribution in [2.24, 2.45) is 22.0 Å². The first-order valence-corrected chi connectivity index (χ1v) is 8.54. The van der Waals surface area contributed by atoms with Gasteiger partial charge in [-0.2, -0.15) is 0 Å². The van der Waals surface area contributed by atoms with E-state index in [1.54, 1.807) is 0 Å². The Balaban J connectivity index is 5.51. The van der Waals surface area contributed by atoms with E-state index in [4.69, 9.17) is 10.5 Å². The van der Waals surface area contributed by atoms with Crippen molar-refractivity contribution in [1.82, 2.24) is 0 Å². The fraction of sp³-hybridized carbons (Fsp3) is 0.947. The summed E-state index contributed by atoms with van der Waals surface area (Å²) in [5.41, 5.74) is 5.00. The van der Waals surface area contributed by atoms with E-state index in [2.05, 4.69) is 27.7 Å². The van der Waals surface area contributed by atoms with Crippen molar-refractivity contribution in [3.8, 4) is 0 Å². The van der Waals surface area contributed by atoms with Crippen molar-refractivity contribution in [2.45, 2.75) is 99.8 Å². The highest BCUT2D eigenvalue weighted by Gasteiger charge is 2.47. The van der Waals surface area contributed by atoms with Gasteiger partial charge in [-0.25, -0.2) is 0 Å². The van der Waals surface area contributed by atoms with Crippen molar-refractivity contribution in [3.63, 3.8) is 0 Å². The van der Waals surface area contributed by atoms with Gasteiger partial charge in [-0.3, -0.25) is 4.79 Å². The van der Waals surface area contributed by atoms with Crippen LogP contribution in [0.5, 0.6) is 0 Å². The van der Waals surface area contributed by atoms with E-state index in [-0.39, 0.29) is 28.3 Å². The third-order valence-electron chi connectivity index (χ3n) is 5.27. The number of ether oxygens (including phenoxy) is 1. The molecule has 3 N–H and O–H groups in total. The average molecular weight is 330 g/mol. The summed E-state index contributed by atoms with van der Waals surface area (Å²) < 4.78 is 5.64. The van der Waals surface area contributed by atoms with Crippen LogP contribution < -0.4 is 5.73 Å². The van der Waals surface area contributed by atoms with E-state index in [9.17, 15) is 9.90 Å². The molecule has 0 aromatic carbocycles. The Morgan fingerprint density at radius 3 is 1.74 bits per heavy atom. The lowest BCUT2D eigenvalue weighted by Crippen LogP contribution is -2.51. The van der Waals surface area contributed by atoms with E-state index in [1.807, 2.05) is 34.6 Å². The molecular formula is C19H39NO3. The fourth-order valence-electron chi connectivity index (χ4n) is 2.61. The van der Waals surface area contributed by atoms with Crippen LogP contribution in [0.4, 0.5) is 0 Å². The molecule has 0 fully saturated rings. The molecule has 0 radical (unpaired) electrons. The van der Waals surface area contributed by atoms with E-state index < -0.39 is 11.6 Å².